The number of hydrazone groups is 1. The van der Waals surface area contributed by atoms with Gasteiger partial charge in [0.15, 0.2) is 0 Å². The molecule has 0 aliphatic carbocycles. The predicted octanol–water partition coefficient (Wildman–Crippen LogP) is 1.03. The van der Waals surface area contributed by atoms with Crippen molar-refractivity contribution in [3.63, 3.8) is 0 Å². The Morgan fingerprint density at radius 1 is 1.50 bits per heavy atom. The van der Waals surface area contributed by atoms with Gasteiger partial charge in [0, 0.05) is 35.8 Å². The van der Waals surface area contributed by atoms with Crippen molar-refractivity contribution in [3.05, 3.63) is 38.9 Å². The van der Waals surface area contributed by atoms with Crippen molar-refractivity contribution in [2.75, 3.05) is 32.8 Å². The maximum atomic E-state index is 11.7. The zero-order chi connectivity index (χ0) is 15.9. The Hall–Kier alpha value is -2.03. The minimum absolute atomic E-state index is 0.0921. The lowest BCUT2D eigenvalue weighted by atomic mass is 10.2. The number of nitrogens with zero attached hydrogens (tertiary/aromatic N) is 3. The maximum absolute atomic E-state index is 11.7. The summed E-state index contributed by atoms with van der Waals surface area (Å²) >= 11 is 5.92. The van der Waals surface area contributed by atoms with E-state index in [9.17, 15) is 14.9 Å². The Morgan fingerprint density at radius 3 is 2.91 bits per heavy atom. The number of halogens is 1. The molecule has 9 heteroatoms. The van der Waals surface area contributed by atoms with E-state index in [2.05, 4.69) is 10.5 Å². The van der Waals surface area contributed by atoms with Gasteiger partial charge in [0.25, 0.3) is 11.6 Å². The summed E-state index contributed by atoms with van der Waals surface area (Å²) in [6.45, 7) is 2.85. The van der Waals surface area contributed by atoms with Gasteiger partial charge in [0.1, 0.15) is 0 Å². The second kappa shape index (κ2) is 7.83. The Balaban J connectivity index is 1.90. The van der Waals surface area contributed by atoms with Crippen molar-refractivity contribution in [1.82, 2.24) is 10.3 Å². The molecule has 1 amide bonds. The third kappa shape index (κ3) is 4.76. The highest BCUT2D eigenvalue weighted by atomic mass is 35.5. The van der Waals surface area contributed by atoms with Crippen molar-refractivity contribution in [3.8, 4) is 0 Å². The number of nitrogens with one attached hydrogen (secondary N) is 1. The number of hydrogen-bond donors (Lipinski definition) is 1. The number of rotatable bonds is 5. The van der Waals surface area contributed by atoms with Crippen molar-refractivity contribution >= 4 is 29.4 Å². The third-order valence-corrected chi connectivity index (χ3v) is 3.40. The number of nitro groups is 1. The molecule has 1 aromatic carbocycles. The number of benzene rings is 1. The average Bonchev–Trinajstić information content (AvgIpc) is 2.50. The van der Waals surface area contributed by atoms with Crippen LogP contribution in [0.4, 0.5) is 5.69 Å². The maximum Gasteiger partial charge on any atom is 0.270 e. The molecule has 1 fully saturated rings. The van der Waals surface area contributed by atoms with Gasteiger partial charge in [0.05, 0.1) is 30.9 Å². The standard InChI is InChI=1S/C13H15ClN4O4/c14-12-2-1-11(18(20)21)7-10(12)8-15-16-13(19)9-17-3-5-22-6-4-17/h1-2,7-8H,3-6,9H2,(H,16,19)/b15-8-. The van der Waals surface area contributed by atoms with E-state index in [1.165, 1.54) is 24.4 Å². The number of ether oxygens (including phenoxy) is 1. The van der Waals surface area contributed by atoms with Crippen LogP contribution in [0.25, 0.3) is 0 Å². The summed E-state index contributed by atoms with van der Waals surface area (Å²) in [5, 5.41) is 14.8. The molecule has 118 valence electrons. The predicted molar refractivity (Wildman–Crippen MR) is 81.1 cm³/mol. The highest BCUT2D eigenvalue weighted by molar-refractivity contribution is 6.33. The normalized spacial score (nSPS) is 15.9. The largest absolute Gasteiger partial charge is 0.379 e. The van der Waals surface area contributed by atoms with Crippen LogP contribution in [0, 0.1) is 10.1 Å². The Labute approximate surface area is 131 Å². The van der Waals surface area contributed by atoms with Crippen LogP contribution in [0.2, 0.25) is 5.02 Å². The zero-order valence-electron chi connectivity index (χ0n) is 11.7. The van der Waals surface area contributed by atoms with Crippen LogP contribution in [0.5, 0.6) is 0 Å². The molecule has 1 aliphatic heterocycles. The lowest BCUT2D eigenvalue weighted by molar-refractivity contribution is -0.384. The SMILES string of the molecule is O=C(CN1CCOCC1)N/N=C\c1cc([N+](=O)[O-])ccc1Cl. The van der Waals surface area contributed by atoms with Gasteiger partial charge in [0.2, 0.25) is 0 Å². The quantitative estimate of drug-likeness (QED) is 0.495. The lowest BCUT2D eigenvalue weighted by Gasteiger charge is -2.25. The number of amides is 1. The first-order chi connectivity index (χ1) is 10.6. The minimum atomic E-state index is -0.523. The van der Waals surface area contributed by atoms with Crippen LogP contribution >= 0.6 is 11.6 Å². The molecule has 0 bridgehead atoms. The van der Waals surface area contributed by atoms with Gasteiger partial charge in [-0.1, -0.05) is 11.6 Å². The summed E-state index contributed by atoms with van der Waals surface area (Å²) < 4.78 is 5.19. The summed E-state index contributed by atoms with van der Waals surface area (Å²) in [4.78, 5) is 23.8. The van der Waals surface area contributed by atoms with E-state index in [4.69, 9.17) is 16.3 Å². The van der Waals surface area contributed by atoms with E-state index in [0.717, 1.165) is 0 Å². The van der Waals surface area contributed by atoms with Crippen LogP contribution in [-0.2, 0) is 9.53 Å². The molecule has 1 heterocycles. The second-order valence-electron chi connectivity index (χ2n) is 4.64. The topological polar surface area (TPSA) is 97.1 Å². The van der Waals surface area contributed by atoms with Crippen molar-refractivity contribution in [2.24, 2.45) is 5.10 Å². The van der Waals surface area contributed by atoms with Crippen molar-refractivity contribution in [2.45, 2.75) is 0 Å². The summed E-state index contributed by atoms with van der Waals surface area (Å²) in [7, 11) is 0. The first-order valence-electron chi connectivity index (χ1n) is 6.62. The number of hydrogen-bond acceptors (Lipinski definition) is 6. The first kappa shape index (κ1) is 16.3. The van der Waals surface area contributed by atoms with Gasteiger partial charge >= 0.3 is 0 Å². The fourth-order valence-corrected chi connectivity index (χ4v) is 2.08. The third-order valence-electron chi connectivity index (χ3n) is 3.05. The van der Waals surface area contributed by atoms with Crippen LogP contribution in [0.15, 0.2) is 23.3 Å². The lowest BCUT2D eigenvalue weighted by Crippen LogP contribution is -2.42. The fraction of sp³-hybridized carbons (Fsp3) is 0.385. The van der Waals surface area contributed by atoms with Gasteiger partial charge in [-0.05, 0) is 6.07 Å². The molecule has 0 spiro atoms. The van der Waals surface area contributed by atoms with Gasteiger partial charge in [-0.25, -0.2) is 5.43 Å². The highest BCUT2D eigenvalue weighted by Crippen LogP contribution is 2.20. The molecule has 0 unspecified atom stereocenters. The van der Waals surface area contributed by atoms with E-state index >= 15 is 0 Å². The van der Waals surface area contributed by atoms with E-state index < -0.39 is 4.92 Å². The number of carbonyl (C=O) groups is 1. The number of non-ortho nitro benzene ring substituents is 1. The highest BCUT2D eigenvalue weighted by Gasteiger charge is 2.13. The van der Waals surface area contributed by atoms with Crippen LogP contribution in [0.3, 0.4) is 0 Å². The Morgan fingerprint density at radius 2 is 2.23 bits per heavy atom. The molecule has 0 atom stereocenters. The molecule has 2 rings (SSSR count). The molecule has 0 aromatic heterocycles. The molecular weight excluding hydrogens is 312 g/mol. The zero-order valence-corrected chi connectivity index (χ0v) is 12.5. The molecule has 1 aliphatic rings. The molecule has 8 nitrogen and oxygen atoms in total. The van der Waals surface area contributed by atoms with Crippen molar-refractivity contribution < 1.29 is 14.5 Å². The number of morpholine rings is 1. The molecule has 22 heavy (non-hydrogen) atoms. The molecular formula is C13H15ClN4O4. The molecule has 1 N–H and O–H groups in total. The number of nitro benzene ring substituents is 1. The van der Waals surface area contributed by atoms with E-state index in [0.29, 0.717) is 36.9 Å². The van der Waals surface area contributed by atoms with Crippen LogP contribution in [-0.4, -0.2) is 54.8 Å². The Bertz CT molecular complexity index is 587. The van der Waals surface area contributed by atoms with E-state index in [-0.39, 0.29) is 18.1 Å². The Kier molecular flexibility index (Phi) is 5.82. The van der Waals surface area contributed by atoms with Gasteiger partial charge in [-0.2, -0.15) is 5.10 Å². The van der Waals surface area contributed by atoms with Gasteiger partial charge in [-0.3, -0.25) is 19.8 Å². The van der Waals surface area contributed by atoms with Crippen LogP contribution in [0.1, 0.15) is 5.56 Å². The fourth-order valence-electron chi connectivity index (χ4n) is 1.92. The van der Waals surface area contributed by atoms with Gasteiger partial charge in [-0.15, -0.1) is 0 Å². The summed E-state index contributed by atoms with van der Waals surface area (Å²) in [5.41, 5.74) is 2.65. The summed E-state index contributed by atoms with van der Waals surface area (Å²) in [6.07, 6.45) is 1.28. The summed E-state index contributed by atoms with van der Waals surface area (Å²) in [5.74, 6) is -0.264. The monoisotopic (exact) mass is 326 g/mol. The summed E-state index contributed by atoms with van der Waals surface area (Å²) in [6, 6.07) is 4.01. The van der Waals surface area contributed by atoms with Crippen molar-refractivity contribution in [1.29, 1.82) is 0 Å². The average molecular weight is 327 g/mol. The first-order valence-corrected chi connectivity index (χ1v) is 7.00. The minimum Gasteiger partial charge on any atom is -0.379 e. The second-order valence-corrected chi connectivity index (χ2v) is 5.05. The van der Waals surface area contributed by atoms with E-state index in [1.807, 2.05) is 4.90 Å². The van der Waals surface area contributed by atoms with E-state index in [1.54, 1.807) is 0 Å². The number of carbonyl (C=O) groups excluding carboxylic acids is 1. The molecule has 0 saturated carbocycles. The smallest absolute Gasteiger partial charge is 0.270 e. The molecule has 0 radical (unpaired) electrons. The molecule has 1 aromatic rings. The molecule has 1 saturated heterocycles. The van der Waals surface area contributed by atoms with Gasteiger partial charge < -0.3 is 4.74 Å². The van der Waals surface area contributed by atoms with Crippen LogP contribution < -0.4 is 5.43 Å².